The topological polar surface area (TPSA) is 66.6 Å². The van der Waals surface area contributed by atoms with Gasteiger partial charge in [-0.15, -0.1) is 0 Å². The number of piperazine rings is 1. The Labute approximate surface area is 125 Å². The molecule has 2 amide bonds. The fraction of sp³-hybridized carbons (Fsp3) is 0.500. The van der Waals surface area contributed by atoms with E-state index in [0.29, 0.717) is 6.42 Å². The van der Waals surface area contributed by atoms with Crippen LogP contribution in [0.1, 0.15) is 12.0 Å². The van der Waals surface area contributed by atoms with Crippen molar-refractivity contribution in [2.45, 2.75) is 12.8 Å². The van der Waals surface area contributed by atoms with Crippen LogP contribution < -0.4 is 5.73 Å². The zero-order chi connectivity index (χ0) is 15.2. The van der Waals surface area contributed by atoms with E-state index in [2.05, 4.69) is 4.90 Å². The molecular weight excluding hydrogens is 266 g/mol. The molecule has 114 valence electrons. The van der Waals surface area contributed by atoms with Gasteiger partial charge in [0.05, 0.1) is 5.92 Å². The van der Waals surface area contributed by atoms with Gasteiger partial charge >= 0.3 is 0 Å². The Bertz CT molecular complexity index is 482. The van der Waals surface area contributed by atoms with Crippen molar-refractivity contribution in [2.24, 2.45) is 11.7 Å². The lowest BCUT2D eigenvalue weighted by molar-refractivity contribution is -0.136. The lowest BCUT2D eigenvalue weighted by Crippen LogP contribution is -2.48. The van der Waals surface area contributed by atoms with E-state index in [1.165, 1.54) is 0 Å². The van der Waals surface area contributed by atoms with E-state index in [1.54, 1.807) is 0 Å². The predicted molar refractivity (Wildman–Crippen MR) is 81.5 cm³/mol. The molecule has 21 heavy (non-hydrogen) atoms. The number of carbonyl (C=O) groups excluding carboxylic acids is 2. The minimum Gasteiger partial charge on any atom is -0.369 e. The van der Waals surface area contributed by atoms with Crippen LogP contribution in [-0.4, -0.2) is 54.8 Å². The number of rotatable bonds is 5. The first-order chi connectivity index (χ1) is 10.1. The maximum Gasteiger partial charge on any atom is 0.223 e. The molecule has 1 atom stereocenters. The summed E-state index contributed by atoms with van der Waals surface area (Å²) in [5, 5.41) is 0. The number of benzene rings is 1. The van der Waals surface area contributed by atoms with Gasteiger partial charge in [-0.25, -0.2) is 0 Å². The van der Waals surface area contributed by atoms with Crippen molar-refractivity contribution in [3.05, 3.63) is 35.9 Å². The van der Waals surface area contributed by atoms with Gasteiger partial charge in [0.2, 0.25) is 11.8 Å². The van der Waals surface area contributed by atoms with E-state index in [0.717, 1.165) is 31.7 Å². The summed E-state index contributed by atoms with van der Waals surface area (Å²) in [6.07, 6.45) is 0.726. The van der Waals surface area contributed by atoms with Crippen molar-refractivity contribution in [1.82, 2.24) is 9.80 Å². The third kappa shape index (κ3) is 4.56. The molecular formula is C16H23N3O2. The second kappa shape index (κ2) is 7.22. The minimum absolute atomic E-state index is 0.0304. The summed E-state index contributed by atoms with van der Waals surface area (Å²) in [5.41, 5.74) is 6.50. The number of likely N-dealkylation sites (N-methyl/N-ethyl adjacent to an activating group) is 1. The SMILES string of the molecule is CN1CCN(C(=O)CC(Cc2ccccc2)C(N)=O)CC1. The monoisotopic (exact) mass is 289 g/mol. The van der Waals surface area contributed by atoms with Crippen LogP contribution in [0.4, 0.5) is 0 Å². The molecule has 1 saturated heterocycles. The lowest BCUT2D eigenvalue weighted by Gasteiger charge is -2.33. The van der Waals surface area contributed by atoms with Crippen LogP contribution in [0.2, 0.25) is 0 Å². The number of hydrogen-bond acceptors (Lipinski definition) is 3. The summed E-state index contributed by atoms with van der Waals surface area (Å²) in [6.45, 7) is 3.22. The highest BCUT2D eigenvalue weighted by molar-refractivity contribution is 5.85. The summed E-state index contributed by atoms with van der Waals surface area (Å²) < 4.78 is 0. The Morgan fingerprint density at radius 3 is 2.33 bits per heavy atom. The van der Waals surface area contributed by atoms with Gasteiger partial charge < -0.3 is 15.5 Å². The van der Waals surface area contributed by atoms with E-state index in [9.17, 15) is 9.59 Å². The molecule has 1 fully saturated rings. The van der Waals surface area contributed by atoms with Crippen molar-refractivity contribution in [1.29, 1.82) is 0 Å². The van der Waals surface area contributed by atoms with Gasteiger partial charge in [-0.1, -0.05) is 30.3 Å². The van der Waals surface area contributed by atoms with Crippen LogP contribution in [-0.2, 0) is 16.0 Å². The molecule has 1 aliphatic rings. The van der Waals surface area contributed by atoms with E-state index in [4.69, 9.17) is 5.73 Å². The number of hydrogen-bond donors (Lipinski definition) is 1. The molecule has 1 aliphatic heterocycles. The summed E-state index contributed by atoms with van der Waals surface area (Å²) in [5.74, 6) is -0.802. The summed E-state index contributed by atoms with van der Waals surface area (Å²) in [4.78, 5) is 28.0. The quantitative estimate of drug-likeness (QED) is 0.858. The van der Waals surface area contributed by atoms with Crippen LogP contribution >= 0.6 is 0 Å². The highest BCUT2D eigenvalue weighted by Crippen LogP contribution is 2.14. The molecule has 0 aromatic heterocycles. The Morgan fingerprint density at radius 1 is 1.14 bits per heavy atom. The van der Waals surface area contributed by atoms with E-state index >= 15 is 0 Å². The molecule has 5 nitrogen and oxygen atoms in total. The fourth-order valence-electron chi connectivity index (χ4n) is 2.57. The van der Waals surface area contributed by atoms with E-state index in [1.807, 2.05) is 42.3 Å². The zero-order valence-electron chi connectivity index (χ0n) is 12.5. The molecule has 0 spiro atoms. The second-order valence-corrected chi connectivity index (χ2v) is 5.68. The highest BCUT2D eigenvalue weighted by atomic mass is 16.2. The van der Waals surface area contributed by atoms with E-state index in [-0.39, 0.29) is 12.3 Å². The van der Waals surface area contributed by atoms with E-state index < -0.39 is 11.8 Å². The van der Waals surface area contributed by atoms with Gasteiger partial charge in [-0.3, -0.25) is 9.59 Å². The predicted octanol–water partition coefficient (Wildman–Crippen LogP) is 0.495. The summed E-state index contributed by atoms with van der Waals surface area (Å²) in [7, 11) is 2.05. The maximum atomic E-state index is 12.3. The second-order valence-electron chi connectivity index (χ2n) is 5.68. The third-order valence-corrected chi connectivity index (χ3v) is 4.00. The normalized spacial score (nSPS) is 17.5. The van der Waals surface area contributed by atoms with Crippen molar-refractivity contribution >= 4 is 11.8 Å². The van der Waals surface area contributed by atoms with Gasteiger partial charge in [-0.2, -0.15) is 0 Å². The number of amides is 2. The first-order valence-corrected chi connectivity index (χ1v) is 7.36. The molecule has 1 aromatic rings. The molecule has 0 saturated carbocycles. The number of nitrogens with two attached hydrogens (primary N) is 1. The zero-order valence-corrected chi connectivity index (χ0v) is 12.5. The van der Waals surface area contributed by atoms with Crippen LogP contribution in [0, 0.1) is 5.92 Å². The fourth-order valence-corrected chi connectivity index (χ4v) is 2.57. The Kier molecular flexibility index (Phi) is 5.33. The lowest BCUT2D eigenvalue weighted by atomic mass is 9.95. The Hall–Kier alpha value is -1.88. The number of primary amides is 1. The number of carbonyl (C=O) groups is 2. The van der Waals surface area contributed by atoms with Gasteiger partial charge in [0.1, 0.15) is 0 Å². The molecule has 0 bridgehead atoms. The average Bonchev–Trinajstić information content (AvgIpc) is 2.48. The van der Waals surface area contributed by atoms with Gasteiger partial charge in [0.25, 0.3) is 0 Å². The van der Waals surface area contributed by atoms with Crippen LogP contribution in [0.25, 0.3) is 0 Å². The van der Waals surface area contributed by atoms with Crippen molar-refractivity contribution in [3.63, 3.8) is 0 Å². The number of nitrogens with zero attached hydrogens (tertiary/aromatic N) is 2. The largest absolute Gasteiger partial charge is 0.369 e. The Morgan fingerprint density at radius 2 is 1.76 bits per heavy atom. The van der Waals surface area contributed by atoms with Gasteiger partial charge in [-0.05, 0) is 19.0 Å². The highest BCUT2D eigenvalue weighted by Gasteiger charge is 2.25. The van der Waals surface area contributed by atoms with Crippen LogP contribution in [0.15, 0.2) is 30.3 Å². The first kappa shape index (κ1) is 15.5. The van der Waals surface area contributed by atoms with Crippen molar-refractivity contribution in [3.8, 4) is 0 Å². The minimum atomic E-state index is -0.431. The summed E-state index contributed by atoms with van der Waals surface area (Å²) in [6, 6.07) is 9.69. The summed E-state index contributed by atoms with van der Waals surface area (Å²) >= 11 is 0. The molecule has 0 aliphatic carbocycles. The van der Waals surface area contributed by atoms with Crippen LogP contribution in [0.3, 0.4) is 0 Å². The molecule has 2 rings (SSSR count). The standard InChI is InChI=1S/C16H23N3O2/c1-18-7-9-19(10-8-18)15(20)12-14(16(17)21)11-13-5-3-2-4-6-13/h2-6,14H,7-12H2,1H3,(H2,17,21). The smallest absolute Gasteiger partial charge is 0.223 e. The van der Waals surface area contributed by atoms with Gasteiger partial charge in [0, 0.05) is 32.6 Å². The third-order valence-electron chi connectivity index (χ3n) is 4.00. The maximum absolute atomic E-state index is 12.3. The molecule has 1 heterocycles. The molecule has 1 aromatic carbocycles. The molecule has 2 N–H and O–H groups in total. The average molecular weight is 289 g/mol. The molecule has 1 unspecified atom stereocenters. The van der Waals surface area contributed by atoms with Crippen molar-refractivity contribution < 1.29 is 9.59 Å². The van der Waals surface area contributed by atoms with Gasteiger partial charge in [0.15, 0.2) is 0 Å². The van der Waals surface area contributed by atoms with Crippen molar-refractivity contribution in [2.75, 3.05) is 33.2 Å². The van der Waals surface area contributed by atoms with Crippen LogP contribution in [0.5, 0.6) is 0 Å². The first-order valence-electron chi connectivity index (χ1n) is 7.36. The molecule has 5 heteroatoms. The molecule has 0 radical (unpaired) electrons. The Balaban J connectivity index is 1.93.